The molecule has 6 nitrogen and oxygen atoms in total. The Morgan fingerprint density at radius 2 is 1.96 bits per heavy atom. The van der Waals surface area contributed by atoms with Crippen molar-refractivity contribution in [3.63, 3.8) is 0 Å². The van der Waals surface area contributed by atoms with E-state index in [1.807, 2.05) is 20.8 Å². The lowest BCUT2D eigenvalue weighted by molar-refractivity contribution is -0.158. The van der Waals surface area contributed by atoms with Gasteiger partial charge in [0, 0.05) is 5.92 Å². The lowest BCUT2D eigenvalue weighted by atomic mass is 9.96. The van der Waals surface area contributed by atoms with Gasteiger partial charge in [0.15, 0.2) is 0 Å². The molecule has 0 N–H and O–H groups in total. The molecule has 1 aliphatic rings. The minimum Gasteiger partial charge on any atom is -0.460 e. The van der Waals surface area contributed by atoms with Gasteiger partial charge in [-0.05, 0) is 33.1 Å². The first-order valence-electron chi connectivity index (χ1n) is 8.28. The van der Waals surface area contributed by atoms with Crippen LogP contribution in [0, 0.1) is 11.8 Å². The predicted molar refractivity (Wildman–Crippen MR) is 85.7 cm³/mol. The number of hydrogen-bond donors (Lipinski definition) is 0. The molecule has 0 radical (unpaired) electrons. The summed E-state index contributed by atoms with van der Waals surface area (Å²) in [5.41, 5.74) is -0.593. The van der Waals surface area contributed by atoms with E-state index in [1.165, 1.54) is 4.90 Å². The van der Waals surface area contributed by atoms with Crippen LogP contribution in [0.4, 0.5) is 4.79 Å². The highest BCUT2D eigenvalue weighted by Crippen LogP contribution is 2.25. The van der Waals surface area contributed by atoms with Crippen molar-refractivity contribution in [1.82, 2.24) is 4.90 Å². The third-order valence-electron chi connectivity index (χ3n) is 3.73. The van der Waals surface area contributed by atoms with Crippen molar-refractivity contribution in [3.05, 3.63) is 0 Å². The van der Waals surface area contributed by atoms with E-state index in [1.54, 1.807) is 20.8 Å². The summed E-state index contributed by atoms with van der Waals surface area (Å²) in [5.74, 6) is -1.20. The number of rotatable bonds is 6. The Labute approximate surface area is 138 Å². The molecular weight excluding hydrogens is 298 g/mol. The van der Waals surface area contributed by atoms with Crippen molar-refractivity contribution in [2.75, 3.05) is 6.61 Å². The number of carbonyl (C=O) groups excluding carboxylic acids is 3. The number of amides is 2. The highest BCUT2D eigenvalue weighted by Gasteiger charge is 2.42. The summed E-state index contributed by atoms with van der Waals surface area (Å²) in [4.78, 5) is 37.9. The number of hydrogen-bond acceptors (Lipinski definition) is 5. The molecule has 2 amide bonds. The number of cyclic esters (lactones) is 1. The van der Waals surface area contributed by atoms with Gasteiger partial charge in [-0.15, -0.1) is 0 Å². The molecular formula is C17H29NO5. The Balaban J connectivity index is 2.85. The van der Waals surface area contributed by atoms with Gasteiger partial charge in [0.25, 0.3) is 0 Å². The van der Waals surface area contributed by atoms with Crippen molar-refractivity contribution in [2.24, 2.45) is 11.8 Å². The van der Waals surface area contributed by atoms with Gasteiger partial charge >= 0.3 is 12.1 Å². The molecule has 0 aromatic heterocycles. The summed E-state index contributed by atoms with van der Waals surface area (Å²) < 4.78 is 10.3. The van der Waals surface area contributed by atoms with Crippen LogP contribution in [0.2, 0.25) is 0 Å². The van der Waals surface area contributed by atoms with E-state index < -0.39 is 23.6 Å². The second-order valence-electron chi connectivity index (χ2n) is 7.37. The van der Waals surface area contributed by atoms with Gasteiger partial charge in [0.2, 0.25) is 5.91 Å². The average Bonchev–Trinajstić information content (AvgIpc) is 2.77. The van der Waals surface area contributed by atoms with Crippen molar-refractivity contribution in [3.8, 4) is 0 Å². The summed E-state index contributed by atoms with van der Waals surface area (Å²) in [7, 11) is 0. The van der Waals surface area contributed by atoms with E-state index in [4.69, 9.17) is 9.47 Å². The SMILES string of the molecule is CCCC(CC(=O)OC(C)(C)C)C(=O)N1C(=O)OCC1C(C)C. The molecule has 0 saturated carbocycles. The molecule has 0 aromatic carbocycles. The maximum atomic E-state index is 12.8. The van der Waals surface area contributed by atoms with Crippen molar-refractivity contribution < 1.29 is 23.9 Å². The molecule has 1 aliphatic heterocycles. The number of nitrogens with zero attached hydrogens (tertiary/aromatic N) is 1. The molecule has 1 heterocycles. The first kappa shape index (κ1) is 19.5. The largest absolute Gasteiger partial charge is 0.460 e. The maximum Gasteiger partial charge on any atom is 0.416 e. The van der Waals surface area contributed by atoms with Gasteiger partial charge in [-0.3, -0.25) is 9.59 Å². The number of carbonyl (C=O) groups is 3. The fraction of sp³-hybridized carbons (Fsp3) is 0.824. The first-order valence-corrected chi connectivity index (χ1v) is 8.28. The van der Waals surface area contributed by atoms with E-state index >= 15 is 0 Å². The number of ether oxygens (including phenoxy) is 2. The summed E-state index contributed by atoms with van der Waals surface area (Å²) >= 11 is 0. The predicted octanol–water partition coefficient (Wildman–Crippen LogP) is 3.14. The maximum absolute atomic E-state index is 12.8. The van der Waals surface area contributed by atoms with E-state index in [0.717, 1.165) is 6.42 Å². The van der Waals surface area contributed by atoms with Gasteiger partial charge < -0.3 is 9.47 Å². The molecule has 2 unspecified atom stereocenters. The second-order valence-corrected chi connectivity index (χ2v) is 7.37. The molecule has 23 heavy (non-hydrogen) atoms. The first-order chi connectivity index (χ1) is 10.6. The highest BCUT2D eigenvalue weighted by molar-refractivity contribution is 5.96. The lowest BCUT2D eigenvalue weighted by Crippen LogP contribution is -2.45. The Kier molecular flexibility index (Phi) is 6.59. The molecule has 1 rings (SSSR count). The zero-order valence-corrected chi connectivity index (χ0v) is 15.0. The zero-order valence-electron chi connectivity index (χ0n) is 15.0. The smallest absolute Gasteiger partial charge is 0.416 e. The molecule has 0 aromatic rings. The monoisotopic (exact) mass is 327 g/mol. The third kappa shape index (κ3) is 5.52. The molecule has 1 saturated heterocycles. The van der Waals surface area contributed by atoms with Crippen LogP contribution in [0.25, 0.3) is 0 Å². The van der Waals surface area contributed by atoms with E-state index in [0.29, 0.717) is 6.42 Å². The van der Waals surface area contributed by atoms with Crippen LogP contribution in [0.1, 0.15) is 60.8 Å². The fourth-order valence-electron chi connectivity index (χ4n) is 2.62. The van der Waals surface area contributed by atoms with Crippen molar-refractivity contribution in [2.45, 2.75) is 72.4 Å². The van der Waals surface area contributed by atoms with Crippen LogP contribution in [0.15, 0.2) is 0 Å². The van der Waals surface area contributed by atoms with Gasteiger partial charge in [-0.25, -0.2) is 9.69 Å². The van der Waals surface area contributed by atoms with Gasteiger partial charge in [-0.2, -0.15) is 0 Å². The summed E-state index contributed by atoms with van der Waals surface area (Å²) in [6.07, 6.45) is 0.651. The Hall–Kier alpha value is -1.59. The Bertz CT molecular complexity index is 452. The van der Waals surface area contributed by atoms with Crippen LogP contribution in [0.5, 0.6) is 0 Å². The topological polar surface area (TPSA) is 72.9 Å². The molecule has 0 spiro atoms. The van der Waals surface area contributed by atoms with Crippen LogP contribution < -0.4 is 0 Å². The standard InChI is InChI=1S/C17H29NO5/c1-7-8-12(9-14(19)23-17(4,5)6)15(20)18-13(11(2)3)10-22-16(18)21/h11-13H,7-10H2,1-6H3. The molecule has 132 valence electrons. The minimum atomic E-state index is -0.612. The van der Waals surface area contributed by atoms with E-state index in [9.17, 15) is 14.4 Å². The van der Waals surface area contributed by atoms with Gasteiger partial charge in [-0.1, -0.05) is 27.2 Å². The molecule has 6 heteroatoms. The van der Waals surface area contributed by atoms with Crippen molar-refractivity contribution in [1.29, 1.82) is 0 Å². The number of imide groups is 1. The average molecular weight is 327 g/mol. The van der Waals surface area contributed by atoms with Crippen LogP contribution in [-0.2, 0) is 19.1 Å². The molecule has 2 atom stereocenters. The van der Waals surface area contributed by atoms with Crippen LogP contribution in [-0.4, -0.2) is 41.1 Å². The van der Waals surface area contributed by atoms with Gasteiger partial charge in [0.1, 0.15) is 12.2 Å². The van der Waals surface area contributed by atoms with Crippen molar-refractivity contribution >= 4 is 18.0 Å². The lowest BCUT2D eigenvalue weighted by Gasteiger charge is -2.27. The normalized spacial score (nSPS) is 19.7. The summed E-state index contributed by atoms with van der Waals surface area (Å²) in [6.45, 7) is 11.4. The summed E-state index contributed by atoms with van der Waals surface area (Å²) in [5, 5.41) is 0. The third-order valence-corrected chi connectivity index (χ3v) is 3.73. The fourth-order valence-corrected chi connectivity index (χ4v) is 2.62. The van der Waals surface area contributed by atoms with E-state index in [2.05, 4.69) is 0 Å². The highest BCUT2D eigenvalue weighted by atomic mass is 16.6. The van der Waals surface area contributed by atoms with Crippen LogP contribution in [0.3, 0.4) is 0 Å². The molecule has 0 bridgehead atoms. The second kappa shape index (κ2) is 7.79. The van der Waals surface area contributed by atoms with Crippen LogP contribution >= 0.6 is 0 Å². The molecule has 0 aliphatic carbocycles. The van der Waals surface area contributed by atoms with Gasteiger partial charge in [0.05, 0.1) is 12.5 Å². The Morgan fingerprint density at radius 1 is 1.35 bits per heavy atom. The number of esters is 1. The van der Waals surface area contributed by atoms with E-state index in [-0.39, 0.29) is 30.9 Å². The zero-order chi connectivity index (χ0) is 17.8. The molecule has 1 fully saturated rings. The summed E-state index contributed by atoms with van der Waals surface area (Å²) in [6, 6.07) is -0.270. The minimum absolute atomic E-state index is 0.0153. The Morgan fingerprint density at radius 3 is 2.43 bits per heavy atom. The quantitative estimate of drug-likeness (QED) is 0.701.